The second kappa shape index (κ2) is 9.11. The molecule has 23 heavy (non-hydrogen) atoms. The van der Waals surface area contributed by atoms with Crippen molar-refractivity contribution in [3.05, 3.63) is 71.8 Å². The number of hydrogen-bond donors (Lipinski definition) is 1. The third-order valence-electron chi connectivity index (χ3n) is 4.04. The van der Waals surface area contributed by atoms with E-state index in [1.54, 1.807) is 0 Å². The van der Waals surface area contributed by atoms with Gasteiger partial charge >= 0.3 is 0 Å². The van der Waals surface area contributed by atoms with E-state index in [9.17, 15) is 4.79 Å². The van der Waals surface area contributed by atoms with Gasteiger partial charge in [-0.3, -0.25) is 4.79 Å². The van der Waals surface area contributed by atoms with Crippen molar-refractivity contribution < 1.29 is 4.79 Å². The molecule has 2 N–H and O–H groups in total. The third kappa shape index (κ3) is 5.87. The number of hydrogen-bond acceptors (Lipinski definition) is 2. The van der Waals surface area contributed by atoms with Crippen molar-refractivity contribution >= 4 is 5.91 Å². The highest BCUT2D eigenvalue weighted by Crippen LogP contribution is 2.13. The van der Waals surface area contributed by atoms with Crippen molar-refractivity contribution in [1.29, 1.82) is 0 Å². The van der Waals surface area contributed by atoms with Crippen LogP contribution in [0.25, 0.3) is 0 Å². The molecule has 0 bridgehead atoms. The number of carbonyl (C=O) groups excluding carboxylic acids is 1. The maximum Gasteiger partial charge on any atom is 0.223 e. The van der Waals surface area contributed by atoms with Crippen LogP contribution in [0.5, 0.6) is 0 Å². The van der Waals surface area contributed by atoms with Crippen molar-refractivity contribution in [3.8, 4) is 0 Å². The monoisotopic (exact) mass is 310 g/mol. The van der Waals surface area contributed by atoms with E-state index in [1.807, 2.05) is 41.3 Å². The first-order valence-corrected chi connectivity index (χ1v) is 8.30. The Kier molecular flexibility index (Phi) is 6.82. The largest absolute Gasteiger partial charge is 0.334 e. The fourth-order valence-corrected chi connectivity index (χ4v) is 2.51. The van der Waals surface area contributed by atoms with E-state index in [0.29, 0.717) is 19.5 Å². The van der Waals surface area contributed by atoms with Gasteiger partial charge in [0.25, 0.3) is 0 Å². The van der Waals surface area contributed by atoms with Gasteiger partial charge in [0.1, 0.15) is 0 Å². The van der Waals surface area contributed by atoms with Gasteiger partial charge in [0.2, 0.25) is 5.91 Å². The summed E-state index contributed by atoms with van der Waals surface area (Å²) >= 11 is 0. The highest BCUT2D eigenvalue weighted by molar-refractivity contribution is 5.76. The van der Waals surface area contributed by atoms with Crippen LogP contribution in [0.4, 0.5) is 0 Å². The smallest absolute Gasteiger partial charge is 0.223 e. The molecule has 0 fully saturated rings. The summed E-state index contributed by atoms with van der Waals surface area (Å²) in [6, 6.07) is 20.4. The Morgan fingerprint density at radius 1 is 0.957 bits per heavy atom. The summed E-state index contributed by atoms with van der Waals surface area (Å²) in [5, 5.41) is 0. The van der Waals surface area contributed by atoms with E-state index in [4.69, 9.17) is 5.73 Å². The molecule has 0 aliphatic heterocycles. The molecule has 0 heterocycles. The number of benzene rings is 2. The quantitative estimate of drug-likeness (QED) is 0.807. The van der Waals surface area contributed by atoms with Crippen molar-refractivity contribution in [3.63, 3.8) is 0 Å². The zero-order chi connectivity index (χ0) is 16.5. The molecular formula is C20H26N2O. The predicted molar refractivity (Wildman–Crippen MR) is 94.6 cm³/mol. The van der Waals surface area contributed by atoms with E-state index < -0.39 is 0 Å². The second-order valence-corrected chi connectivity index (χ2v) is 5.93. The fraction of sp³-hybridized carbons (Fsp3) is 0.350. The lowest BCUT2D eigenvalue weighted by atomic mass is 10.1. The Bertz CT molecular complexity index is 542. The van der Waals surface area contributed by atoms with E-state index in [-0.39, 0.29) is 11.9 Å². The zero-order valence-electron chi connectivity index (χ0n) is 13.8. The van der Waals surface area contributed by atoms with E-state index in [2.05, 4.69) is 31.2 Å². The second-order valence-electron chi connectivity index (χ2n) is 5.93. The van der Waals surface area contributed by atoms with E-state index in [1.165, 1.54) is 0 Å². The molecule has 3 nitrogen and oxygen atoms in total. The van der Waals surface area contributed by atoms with Crippen LogP contribution in [0.2, 0.25) is 0 Å². The summed E-state index contributed by atoms with van der Waals surface area (Å²) in [7, 11) is 0. The van der Waals surface area contributed by atoms with Crippen LogP contribution >= 0.6 is 0 Å². The van der Waals surface area contributed by atoms with Crippen molar-refractivity contribution in [2.75, 3.05) is 0 Å². The van der Waals surface area contributed by atoms with Crippen LogP contribution in [0.3, 0.4) is 0 Å². The third-order valence-corrected chi connectivity index (χ3v) is 4.04. The summed E-state index contributed by atoms with van der Waals surface area (Å²) < 4.78 is 0. The molecule has 0 aliphatic carbocycles. The predicted octanol–water partition coefficient (Wildman–Crippen LogP) is 3.73. The van der Waals surface area contributed by atoms with E-state index in [0.717, 1.165) is 24.0 Å². The van der Waals surface area contributed by atoms with Gasteiger partial charge in [-0.2, -0.15) is 0 Å². The molecule has 1 unspecified atom stereocenters. The molecule has 2 rings (SSSR count). The Morgan fingerprint density at radius 2 is 1.43 bits per heavy atom. The van der Waals surface area contributed by atoms with Gasteiger partial charge in [-0.15, -0.1) is 0 Å². The summed E-state index contributed by atoms with van der Waals surface area (Å²) in [6.45, 7) is 3.33. The molecule has 3 heteroatoms. The minimum absolute atomic E-state index is 0.106. The molecule has 1 atom stereocenters. The van der Waals surface area contributed by atoms with Crippen LogP contribution in [0.15, 0.2) is 60.7 Å². The molecule has 2 aromatic rings. The van der Waals surface area contributed by atoms with Crippen LogP contribution in [-0.4, -0.2) is 16.8 Å². The molecule has 0 aromatic heterocycles. The first-order chi connectivity index (χ1) is 11.2. The van der Waals surface area contributed by atoms with Gasteiger partial charge in [-0.05, 0) is 24.0 Å². The number of amides is 1. The Balaban J connectivity index is 2.05. The van der Waals surface area contributed by atoms with Gasteiger partial charge in [-0.1, -0.05) is 67.6 Å². The maximum atomic E-state index is 12.6. The van der Waals surface area contributed by atoms with Crippen LogP contribution in [0.1, 0.15) is 37.3 Å². The Morgan fingerprint density at radius 3 is 1.87 bits per heavy atom. The van der Waals surface area contributed by atoms with Gasteiger partial charge < -0.3 is 10.6 Å². The maximum absolute atomic E-state index is 12.6. The topological polar surface area (TPSA) is 46.3 Å². The Hall–Kier alpha value is -2.13. The average molecular weight is 310 g/mol. The van der Waals surface area contributed by atoms with Gasteiger partial charge in [-0.25, -0.2) is 0 Å². The molecule has 2 aromatic carbocycles. The molecule has 0 aliphatic rings. The average Bonchev–Trinajstić information content (AvgIpc) is 2.60. The van der Waals surface area contributed by atoms with Gasteiger partial charge in [0, 0.05) is 25.6 Å². The highest BCUT2D eigenvalue weighted by atomic mass is 16.2. The molecular weight excluding hydrogens is 284 g/mol. The molecule has 0 saturated heterocycles. The normalized spacial score (nSPS) is 11.9. The standard InChI is InChI=1S/C20H26N2O/c1-2-19(21)13-14-20(23)22(15-17-9-5-3-6-10-17)16-18-11-7-4-8-12-18/h3-12,19H,2,13-16,21H2,1H3. The minimum atomic E-state index is 0.106. The first kappa shape index (κ1) is 17.2. The van der Waals surface area contributed by atoms with Crippen LogP contribution < -0.4 is 5.73 Å². The summed E-state index contributed by atoms with van der Waals surface area (Å²) in [4.78, 5) is 14.6. The van der Waals surface area contributed by atoms with Crippen LogP contribution in [0, 0.1) is 0 Å². The molecule has 0 saturated carbocycles. The van der Waals surface area contributed by atoms with Crippen molar-refractivity contribution in [2.45, 2.75) is 45.3 Å². The highest BCUT2D eigenvalue weighted by Gasteiger charge is 2.15. The van der Waals surface area contributed by atoms with Crippen molar-refractivity contribution in [1.82, 2.24) is 4.90 Å². The summed E-state index contributed by atoms with van der Waals surface area (Å²) in [5.41, 5.74) is 8.26. The Labute approximate surface area is 139 Å². The summed E-state index contributed by atoms with van der Waals surface area (Å²) in [5.74, 6) is 0.168. The van der Waals surface area contributed by atoms with E-state index >= 15 is 0 Å². The van der Waals surface area contributed by atoms with Crippen LogP contribution in [-0.2, 0) is 17.9 Å². The van der Waals surface area contributed by atoms with Gasteiger partial charge in [0.15, 0.2) is 0 Å². The SMILES string of the molecule is CCC(N)CCC(=O)N(Cc1ccccc1)Cc1ccccc1. The van der Waals surface area contributed by atoms with Gasteiger partial charge in [0.05, 0.1) is 0 Å². The number of rotatable bonds is 8. The molecule has 122 valence electrons. The number of nitrogens with two attached hydrogens (primary N) is 1. The number of carbonyl (C=O) groups is 1. The van der Waals surface area contributed by atoms with Crippen molar-refractivity contribution in [2.24, 2.45) is 5.73 Å². The number of nitrogens with zero attached hydrogens (tertiary/aromatic N) is 1. The summed E-state index contributed by atoms with van der Waals surface area (Å²) in [6.07, 6.45) is 2.16. The molecule has 0 spiro atoms. The molecule has 1 amide bonds. The lowest BCUT2D eigenvalue weighted by molar-refractivity contribution is -0.132. The fourth-order valence-electron chi connectivity index (χ4n) is 2.51. The molecule has 0 radical (unpaired) electrons. The minimum Gasteiger partial charge on any atom is -0.334 e. The lowest BCUT2D eigenvalue weighted by Gasteiger charge is -2.24. The zero-order valence-corrected chi connectivity index (χ0v) is 13.8. The lowest BCUT2D eigenvalue weighted by Crippen LogP contribution is -2.31. The first-order valence-electron chi connectivity index (χ1n) is 8.30.